The summed E-state index contributed by atoms with van der Waals surface area (Å²) < 4.78 is 0. The van der Waals surface area contributed by atoms with Gasteiger partial charge in [-0.05, 0) is 0 Å². The van der Waals surface area contributed by atoms with Gasteiger partial charge in [-0.15, -0.1) is 0 Å². The molecule has 0 unspecified atom stereocenters. The molecule has 0 saturated carbocycles. The largest absolute Gasteiger partial charge is 0.326 e. The van der Waals surface area contributed by atoms with Crippen LogP contribution in [0.2, 0.25) is 0 Å². The van der Waals surface area contributed by atoms with Crippen molar-refractivity contribution in [2.24, 2.45) is 5.10 Å². The third-order valence-corrected chi connectivity index (χ3v) is 1.11. The lowest BCUT2D eigenvalue weighted by atomic mass is 10.4. The number of carbonyl (C=O) groups excluding carboxylic acids is 1. The normalized spacial score (nSPS) is 10.2. The molecule has 0 fully saturated rings. The van der Waals surface area contributed by atoms with Gasteiger partial charge in [0.05, 0.1) is 11.9 Å². The predicted molar refractivity (Wildman–Crippen MR) is 44.5 cm³/mol. The number of aromatic amines is 2. The van der Waals surface area contributed by atoms with Gasteiger partial charge in [-0.25, -0.2) is 10.2 Å². The highest BCUT2D eigenvalue weighted by Crippen LogP contribution is 1.75. The van der Waals surface area contributed by atoms with Gasteiger partial charge in [0.2, 0.25) is 6.41 Å². The summed E-state index contributed by atoms with van der Waals surface area (Å²) in [6.07, 6.45) is 1.51. The molecule has 0 saturated heterocycles. The fraction of sp³-hybridized carbons (Fsp3) is 0. The molecule has 1 aromatic rings. The van der Waals surface area contributed by atoms with Gasteiger partial charge in [-0.1, -0.05) is 0 Å². The summed E-state index contributed by atoms with van der Waals surface area (Å²) in [6, 6.07) is 1.14. The molecule has 1 heterocycles. The van der Waals surface area contributed by atoms with Crippen LogP contribution in [0.3, 0.4) is 0 Å². The zero-order valence-corrected chi connectivity index (χ0v) is 6.40. The summed E-state index contributed by atoms with van der Waals surface area (Å²) >= 11 is 0. The molecule has 7 nitrogen and oxygen atoms in total. The molecule has 0 bridgehead atoms. The first-order valence-corrected chi connectivity index (χ1v) is 3.28. The zero-order valence-electron chi connectivity index (χ0n) is 6.40. The van der Waals surface area contributed by atoms with E-state index in [1.54, 1.807) is 0 Å². The van der Waals surface area contributed by atoms with Crippen LogP contribution in [0, 0.1) is 0 Å². The van der Waals surface area contributed by atoms with Crippen LogP contribution in [-0.4, -0.2) is 22.6 Å². The van der Waals surface area contributed by atoms with E-state index in [-0.39, 0.29) is 5.69 Å². The summed E-state index contributed by atoms with van der Waals surface area (Å²) in [5.74, 6) is 0. The Morgan fingerprint density at radius 2 is 2.15 bits per heavy atom. The molecule has 68 valence electrons. The molecule has 1 aromatic heterocycles. The second kappa shape index (κ2) is 4.00. The van der Waals surface area contributed by atoms with E-state index in [1.807, 2.05) is 10.4 Å². The number of H-pyrrole nitrogens is 2. The Kier molecular flexibility index (Phi) is 2.74. The molecule has 13 heavy (non-hydrogen) atoms. The van der Waals surface area contributed by atoms with Crippen molar-refractivity contribution in [1.29, 1.82) is 0 Å². The molecule has 1 amide bonds. The molecule has 0 aliphatic carbocycles. The SMILES string of the molecule is O=CNN=Cc1cc(=O)[nH]c(=O)[nH]1. The minimum absolute atomic E-state index is 0.211. The minimum Gasteiger partial charge on any atom is -0.306 e. The summed E-state index contributed by atoms with van der Waals surface area (Å²) in [5, 5.41) is 3.38. The van der Waals surface area contributed by atoms with Gasteiger partial charge >= 0.3 is 5.69 Å². The Morgan fingerprint density at radius 1 is 1.38 bits per heavy atom. The predicted octanol–water partition coefficient (Wildman–Crippen LogP) is -1.86. The fourth-order valence-electron chi connectivity index (χ4n) is 0.694. The Morgan fingerprint density at radius 3 is 2.77 bits per heavy atom. The number of hydrogen-bond donors (Lipinski definition) is 3. The van der Waals surface area contributed by atoms with Crippen LogP contribution in [0.15, 0.2) is 20.8 Å². The van der Waals surface area contributed by atoms with Crippen molar-refractivity contribution >= 4 is 12.6 Å². The molecule has 3 N–H and O–H groups in total. The molecular weight excluding hydrogens is 176 g/mol. The summed E-state index contributed by atoms with van der Waals surface area (Å²) in [7, 11) is 0. The number of hydrazone groups is 1. The number of aromatic nitrogens is 2. The third-order valence-electron chi connectivity index (χ3n) is 1.11. The number of amides is 1. The molecule has 1 rings (SSSR count). The van der Waals surface area contributed by atoms with Gasteiger partial charge in [-0.3, -0.25) is 14.6 Å². The highest BCUT2D eigenvalue weighted by molar-refractivity contribution is 5.76. The van der Waals surface area contributed by atoms with Gasteiger partial charge in [0, 0.05) is 6.07 Å². The molecule has 0 radical (unpaired) electrons. The average molecular weight is 182 g/mol. The number of nitrogens with one attached hydrogen (secondary N) is 3. The van der Waals surface area contributed by atoms with Crippen LogP contribution in [0.5, 0.6) is 0 Å². The van der Waals surface area contributed by atoms with E-state index < -0.39 is 11.2 Å². The summed E-state index contributed by atoms with van der Waals surface area (Å²) in [5.41, 5.74) is 1.05. The lowest BCUT2D eigenvalue weighted by Gasteiger charge is -1.89. The second-order valence-corrected chi connectivity index (χ2v) is 2.05. The van der Waals surface area contributed by atoms with Crippen LogP contribution in [0.25, 0.3) is 0 Å². The van der Waals surface area contributed by atoms with E-state index in [0.717, 1.165) is 12.3 Å². The zero-order chi connectivity index (χ0) is 9.68. The van der Waals surface area contributed by atoms with Crippen LogP contribution >= 0.6 is 0 Å². The summed E-state index contributed by atoms with van der Waals surface area (Å²) in [6.45, 7) is 0. The standard InChI is InChI=1S/C6H6N4O3/c11-3-8-7-2-4-1-5(12)10-6(13)9-4/h1-3H,(H,8,11)(H2,9,10,12,13). The Hall–Kier alpha value is -2.18. The maximum absolute atomic E-state index is 10.7. The van der Waals surface area contributed by atoms with Gasteiger partial charge in [0.25, 0.3) is 5.56 Å². The van der Waals surface area contributed by atoms with Crippen molar-refractivity contribution in [3.05, 3.63) is 32.6 Å². The van der Waals surface area contributed by atoms with Crippen molar-refractivity contribution in [3.8, 4) is 0 Å². The van der Waals surface area contributed by atoms with E-state index in [9.17, 15) is 14.4 Å². The maximum Gasteiger partial charge on any atom is 0.326 e. The van der Waals surface area contributed by atoms with E-state index in [2.05, 4.69) is 10.1 Å². The van der Waals surface area contributed by atoms with E-state index in [4.69, 9.17) is 0 Å². The highest BCUT2D eigenvalue weighted by Gasteiger charge is 1.91. The number of rotatable bonds is 3. The molecule has 0 atom stereocenters. The number of carbonyl (C=O) groups is 1. The molecule has 0 aliphatic rings. The van der Waals surface area contributed by atoms with Gasteiger partial charge in [0.15, 0.2) is 0 Å². The molecule has 0 aromatic carbocycles. The smallest absolute Gasteiger partial charge is 0.306 e. The van der Waals surface area contributed by atoms with Gasteiger partial charge in [-0.2, -0.15) is 5.10 Å². The Bertz CT molecular complexity index is 402. The lowest BCUT2D eigenvalue weighted by molar-refractivity contribution is -0.109. The number of hydrogen-bond acceptors (Lipinski definition) is 4. The topological polar surface area (TPSA) is 107 Å². The van der Waals surface area contributed by atoms with E-state index in [0.29, 0.717) is 6.41 Å². The molecule has 0 spiro atoms. The Labute approximate surface area is 71.5 Å². The Balaban J connectivity index is 2.95. The van der Waals surface area contributed by atoms with Crippen molar-refractivity contribution in [2.75, 3.05) is 0 Å². The fourth-order valence-corrected chi connectivity index (χ4v) is 0.694. The summed E-state index contributed by atoms with van der Waals surface area (Å²) in [4.78, 5) is 35.4. The maximum atomic E-state index is 10.7. The number of nitrogens with zero attached hydrogens (tertiary/aromatic N) is 1. The molecule has 0 aliphatic heterocycles. The first-order chi connectivity index (χ1) is 6.22. The first-order valence-electron chi connectivity index (χ1n) is 3.28. The van der Waals surface area contributed by atoms with Gasteiger partial charge in [0.1, 0.15) is 0 Å². The highest BCUT2D eigenvalue weighted by atomic mass is 16.2. The van der Waals surface area contributed by atoms with E-state index in [1.165, 1.54) is 0 Å². The van der Waals surface area contributed by atoms with Crippen LogP contribution in [0.4, 0.5) is 0 Å². The van der Waals surface area contributed by atoms with Crippen molar-refractivity contribution < 1.29 is 4.79 Å². The molecule has 7 heteroatoms. The lowest BCUT2D eigenvalue weighted by Crippen LogP contribution is -2.23. The molecular formula is C6H6N4O3. The van der Waals surface area contributed by atoms with Crippen LogP contribution in [0.1, 0.15) is 5.69 Å². The monoisotopic (exact) mass is 182 g/mol. The van der Waals surface area contributed by atoms with Crippen molar-refractivity contribution in [3.63, 3.8) is 0 Å². The average Bonchev–Trinajstić information content (AvgIpc) is 2.03. The quantitative estimate of drug-likeness (QED) is 0.290. The van der Waals surface area contributed by atoms with Gasteiger partial charge < -0.3 is 4.98 Å². The third kappa shape index (κ3) is 2.73. The van der Waals surface area contributed by atoms with Crippen LogP contribution < -0.4 is 16.7 Å². The minimum atomic E-state index is -0.625. The van der Waals surface area contributed by atoms with Crippen molar-refractivity contribution in [1.82, 2.24) is 15.4 Å². The van der Waals surface area contributed by atoms with Crippen molar-refractivity contribution in [2.45, 2.75) is 0 Å². The van der Waals surface area contributed by atoms with Crippen LogP contribution in [-0.2, 0) is 4.79 Å². The first kappa shape index (κ1) is 8.91. The second-order valence-electron chi connectivity index (χ2n) is 2.05. The van der Waals surface area contributed by atoms with E-state index >= 15 is 0 Å².